The number of amides is 1. The molecule has 4 aromatic rings. The summed E-state index contributed by atoms with van der Waals surface area (Å²) in [5.74, 6) is 0.306. The van der Waals surface area contributed by atoms with Gasteiger partial charge in [0.15, 0.2) is 0 Å². The molecule has 0 saturated heterocycles. The van der Waals surface area contributed by atoms with Crippen molar-refractivity contribution in [1.29, 1.82) is 0 Å². The van der Waals surface area contributed by atoms with Gasteiger partial charge in [0.1, 0.15) is 11.6 Å². The van der Waals surface area contributed by atoms with Gasteiger partial charge in [-0.3, -0.25) is 4.79 Å². The van der Waals surface area contributed by atoms with Gasteiger partial charge in [-0.2, -0.15) is 0 Å². The third-order valence-corrected chi connectivity index (χ3v) is 4.12. The molecule has 0 radical (unpaired) electrons. The molecule has 1 amide bonds. The van der Waals surface area contributed by atoms with Crippen molar-refractivity contribution in [2.75, 3.05) is 10.6 Å². The van der Waals surface area contributed by atoms with Gasteiger partial charge in [-0.1, -0.05) is 12.1 Å². The molecule has 2 aromatic carbocycles. The van der Waals surface area contributed by atoms with E-state index in [0.717, 1.165) is 33.5 Å². The van der Waals surface area contributed by atoms with E-state index in [0.29, 0.717) is 5.82 Å². The number of pyridine rings is 1. The summed E-state index contributed by atoms with van der Waals surface area (Å²) in [7, 11) is 0. The number of nitrogens with one attached hydrogen (secondary N) is 3. The maximum atomic E-state index is 13.5. The summed E-state index contributed by atoms with van der Waals surface area (Å²) in [5, 5.41) is 6.90. The number of anilines is 3. The second kappa shape index (κ2) is 6.92. The monoisotopic (exact) mass is 360 g/mol. The molecule has 6 heteroatoms. The van der Waals surface area contributed by atoms with Crippen LogP contribution in [0.25, 0.3) is 22.2 Å². The molecule has 0 spiro atoms. The third-order valence-electron chi connectivity index (χ3n) is 4.12. The van der Waals surface area contributed by atoms with Crippen LogP contribution in [-0.4, -0.2) is 15.9 Å². The Morgan fingerprint density at radius 2 is 1.81 bits per heavy atom. The average molecular weight is 360 g/mol. The number of benzene rings is 2. The lowest BCUT2D eigenvalue weighted by molar-refractivity contribution is -0.114. The van der Waals surface area contributed by atoms with E-state index in [1.165, 1.54) is 19.1 Å². The van der Waals surface area contributed by atoms with Gasteiger partial charge in [0.25, 0.3) is 0 Å². The minimum atomic E-state index is -0.269. The summed E-state index contributed by atoms with van der Waals surface area (Å²) in [5.41, 5.74) is 4.12. The standard InChI is InChI=1S/C21H17FN4O/c1-13(27)24-17-5-7-18(8-6-17)25-21-11-20-15(12-23-21)10-19(26-20)14-3-2-4-16(22)9-14/h2-12,26H,1H3,(H,23,25)(H,24,27). The van der Waals surface area contributed by atoms with Gasteiger partial charge in [0.2, 0.25) is 5.91 Å². The first-order chi connectivity index (χ1) is 13.1. The Balaban J connectivity index is 1.57. The fourth-order valence-electron chi connectivity index (χ4n) is 2.89. The van der Waals surface area contributed by atoms with Crippen molar-refractivity contribution in [3.8, 4) is 11.3 Å². The van der Waals surface area contributed by atoms with Crippen LogP contribution in [0.1, 0.15) is 6.92 Å². The minimum Gasteiger partial charge on any atom is -0.354 e. The molecule has 0 aliphatic heterocycles. The molecule has 0 fully saturated rings. The number of fused-ring (bicyclic) bond motifs is 1. The van der Waals surface area contributed by atoms with Crippen LogP contribution < -0.4 is 10.6 Å². The molecule has 0 saturated carbocycles. The smallest absolute Gasteiger partial charge is 0.221 e. The maximum absolute atomic E-state index is 13.5. The summed E-state index contributed by atoms with van der Waals surface area (Å²) < 4.78 is 13.5. The maximum Gasteiger partial charge on any atom is 0.221 e. The molecular formula is C21H17FN4O. The first-order valence-electron chi connectivity index (χ1n) is 8.46. The van der Waals surface area contributed by atoms with Gasteiger partial charge in [-0.25, -0.2) is 9.37 Å². The molecule has 3 N–H and O–H groups in total. The van der Waals surface area contributed by atoms with Crippen LogP contribution in [-0.2, 0) is 4.79 Å². The van der Waals surface area contributed by atoms with Crippen LogP contribution in [0, 0.1) is 5.82 Å². The number of hydrogen-bond donors (Lipinski definition) is 3. The summed E-state index contributed by atoms with van der Waals surface area (Å²) in [6.45, 7) is 1.47. The lowest BCUT2D eigenvalue weighted by atomic mass is 10.1. The zero-order chi connectivity index (χ0) is 18.8. The number of halogens is 1. The summed E-state index contributed by atoms with van der Waals surface area (Å²) >= 11 is 0. The fraction of sp³-hybridized carbons (Fsp3) is 0.0476. The molecule has 0 unspecified atom stereocenters. The number of H-pyrrole nitrogens is 1. The number of aromatic amines is 1. The summed E-state index contributed by atoms with van der Waals surface area (Å²) in [6, 6.07) is 17.7. The van der Waals surface area contributed by atoms with E-state index < -0.39 is 0 Å². The van der Waals surface area contributed by atoms with Crippen LogP contribution in [0.5, 0.6) is 0 Å². The molecule has 2 aromatic heterocycles. The molecule has 2 heterocycles. The Morgan fingerprint density at radius 1 is 1.04 bits per heavy atom. The van der Waals surface area contributed by atoms with Gasteiger partial charge in [0.05, 0.1) is 5.52 Å². The summed E-state index contributed by atoms with van der Waals surface area (Å²) in [4.78, 5) is 18.8. The Hall–Kier alpha value is -3.67. The zero-order valence-corrected chi connectivity index (χ0v) is 14.6. The second-order valence-corrected chi connectivity index (χ2v) is 6.23. The molecule has 5 nitrogen and oxygen atoms in total. The van der Waals surface area contributed by atoms with E-state index in [-0.39, 0.29) is 11.7 Å². The van der Waals surface area contributed by atoms with E-state index in [4.69, 9.17) is 0 Å². The van der Waals surface area contributed by atoms with Gasteiger partial charge in [-0.05, 0) is 42.5 Å². The van der Waals surface area contributed by atoms with Crippen molar-refractivity contribution in [2.24, 2.45) is 0 Å². The number of carbonyl (C=O) groups excluding carboxylic acids is 1. The van der Waals surface area contributed by atoms with Crippen molar-refractivity contribution in [2.45, 2.75) is 6.92 Å². The van der Waals surface area contributed by atoms with E-state index in [1.54, 1.807) is 12.3 Å². The highest BCUT2D eigenvalue weighted by atomic mass is 19.1. The van der Waals surface area contributed by atoms with Gasteiger partial charge >= 0.3 is 0 Å². The number of nitrogens with zero attached hydrogens (tertiary/aromatic N) is 1. The molecule has 134 valence electrons. The number of rotatable bonds is 4. The average Bonchev–Trinajstić information content (AvgIpc) is 3.06. The lowest BCUT2D eigenvalue weighted by Crippen LogP contribution is -2.05. The first-order valence-corrected chi connectivity index (χ1v) is 8.46. The highest BCUT2D eigenvalue weighted by Gasteiger charge is 2.06. The third kappa shape index (κ3) is 3.79. The molecule has 0 aliphatic rings. The minimum absolute atomic E-state index is 0.108. The van der Waals surface area contributed by atoms with Crippen LogP contribution in [0.2, 0.25) is 0 Å². The quantitative estimate of drug-likeness (QED) is 0.476. The number of carbonyl (C=O) groups is 1. The summed E-state index contributed by atoms with van der Waals surface area (Å²) in [6.07, 6.45) is 1.77. The predicted octanol–water partition coefficient (Wildman–Crippen LogP) is 5.07. The van der Waals surface area contributed by atoms with Crippen molar-refractivity contribution < 1.29 is 9.18 Å². The number of hydrogen-bond acceptors (Lipinski definition) is 3. The SMILES string of the molecule is CC(=O)Nc1ccc(Nc2cc3[nH]c(-c4cccc(F)c4)cc3cn2)cc1. The molecule has 4 rings (SSSR count). The highest BCUT2D eigenvalue weighted by Crippen LogP contribution is 2.26. The van der Waals surface area contributed by atoms with Crippen LogP contribution in [0.15, 0.2) is 66.9 Å². The topological polar surface area (TPSA) is 69.8 Å². The molecule has 0 atom stereocenters. The van der Waals surface area contributed by atoms with E-state index in [9.17, 15) is 9.18 Å². The zero-order valence-electron chi connectivity index (χ0n) is 14.6. The second-order valence-electron chi connectivity index (χ2n) is 6.23. The van der Waals surface area contributed by atoms with Gasteiger partial charge < -0.3 is 15.6 Å². The lowest BCUT2D eigenvalue weighted by Gasteiger charge is -2.07. The van der Waals surface area contributed by atoms with Crippen molar-refractivity contribution in [3.05, 3.63) is 72.7 Å². The normalized spacial score (nSPS) is 10.7. The molecule has 0 aliphatic carbocycles. The van der Waals surface area contributed by atoms with Crippen molar-refractivity contribution >= 4 is 34.0 Å². The molecule has 27 heavy (non-hydrogen) atoms. The van der Waals surface area contributed by atoms with Gasteiger partial charge in [0, 0.05) is 47.2 Å². The Labute approximate surface area is 155 Å². The van der Waals surface area contributed by atoms with Crippen LogP contribution in [0.4, 0.5) is 21.6 Å². The van der Waals surface area contributed by atoms with E-state index in [2.05, 4.69) is 20.6 Å². The van der Waals surface area contributed by atoms with Crippen LogP contribution >= 0.6 is 0 Å². The molecule has 0 bridgehead atoms. The van der Waals surface area contributed by atoms with Crippen molar-refractivity contribution in [1.82, 2.24) is 9.97 Å². The Bertz CT molecular complexity index is 1120. The number of aromatic nitrogens is 2. The van der Waals surface area contributed by atoms with Crippen LogP contribution in [0.3, 0.4) is 0 Å². The molecular weight excluding hydrogens is 343 g/mol. The fourth-order valence-corrected chi connectivity index (χ4v) is 2.89. The Morgan fingerprint density at radius 3 is 2.56 bits per heavy atom. The highest BCUT2D eigenvalue weighted by molar-refractivity contribution is 5.89. The van der Waals surface area contributed by atoms with E-state index >= 15 is 0 Å². The van der Waals surface area contributed by atoms with Gasteiger partial charge in [-0.15, -0.1) is 0 Å². The predicted molar refractivity (Wildman–Crippen MR) is 106 cm³/mol. The Kier molecular flexibility index (Phi) is 4.30. The van der Waals surface area contributed by atoms with E-state index in [1.807, 2.05) is 42.5 Å². The first kappa shape index (κ1) is 16.8. The largest absolute Gasteiger partial charge is 0.354 e. The van der Waals surface area contributed by atoms with Crippen molar-refractivity contribution in [3.63, 3.8) is 0 Å².